The van der Waals surface area contributed by atoms with Crippen molar-refractivity contribution in [3.8, 4) is 0 Å². The molecule has 0 amide bonds. The van der Waals surface area contributed by atoms with Gasteiger partial charge in [-0.2, -0.15) is 0 Å². The second-order valence-electron chi connectivity index (χ2n) is 12.8. The van der Waals surface area contributed by atoms with Crippen molar-refractivity contribution in [1.29, 1.82) is 0 Å². The molecule has 5 nitrogen and oxygen atoms in total. The van der Waals surface area contributed by atoms with Gasteiger partial charge in [0, 0.05) is 49.1 Å². The number of carbonyl (C=O) groups is 1. The minimum Gasteiger partial charge on any atom is -0.462 e. The third-order valence-electron chi connectivity index (χ3n) is 10.7. The first-order valence-corrected chi connectivity index (χ1v) is 14.9. The van der Waals surface area contributed by atoms with Gasteiger partial charge >= 0.3 is 5.97 Å². The molecule has 3 aliphatic heterocycles. The molecule has 202 valence electrons. The van der Waals surface area contributed by atoms with E-state index in [9.17, 15) is 4.79 Å². The first kappa shape index (κ1) is 25.1. The number of epoxide rings is 1. The SMILES string of the molecule is C[C@@H]1CCC[C@@]2(C)C[C@H]3OC(=O)[C@@H](CN4CCN([C@@H](c5ccccc5)c5ccc(Cl)cc5)CC4)[C@@H]3[C@@H]3O[C@]132. The number of ether oxygens (including phenoxy) is 2. The van der Waals surface area contributed by atoms with E-state index in [4.69, 9.17) is 21.1 Å². The Kier molecular flexibility index (Phi) is 6.16. The van der Waals surface area contributed by atoms with Gasteiger partial charge in [-0.05, 0) is 48.4 Å². The zero-order chi connectivity index (χ0) is 26.1. The molecule has 0 unspecified atom stereocenters. The lowest BCUT2D eigenvalue weighted by Gasteiger charge is -2.49. The molecule has 2 saturated carbocycles. The standard InChI is InChI=1S/C32H39ClN2O3/c1-21-7-6-14-31(2)19-26-27(29-32(21,31)38-29)25(30(36)37-26)20-34-15-17-35(18-16-34)28(22-8-4-3-5-9-22)23-10-12-24(33)13-11-23/h3-5,8-13,21,25-29H,6-7,14-20H2,1-2H3/t21-,25+,26-,27+,28+,29+,31+,32-/m1/s1. The summed E-state index contributed by atoms with van der Waals surface area (Å²) in [7, 11) is 0. The first-order chi connectivity index (χ1) is 18.4. The zero-order valence-electron chi connectivity index (χ0n) is 22.5. The first-order valence-electron chi connectivity index (χ1n) is 14.5. The average Bonchev–Trinajstić information content (AvgIpc) is 3.61. The highest BCUT2D eigenvalue weighted by Crippen LogP contribution is 2.70. The summed E-state index contributed by atoms with van der Waals surface area (Å²) in [5.41, 5.74) is 2.68. The Balaban J connectivity index is 1.05. The number of rotatable bonds is 5. The summed E-state index contributed by atoms with van der Waals surface area (Å²) in [6.45, 7) is 9.35. The fourth-order valence-corrected chi connectivity index (χ4v) is 8.95. The quantitative estimate of drug-likeness (QED) is 0.370. The summed E-state index contributed by atoms with van der Waals surface area (Å²) in [5.74, 6) is 0.706. The molecule has 2 aliphatic carbocycles. The van der Waals surface area contributed by atoms with Crippen LogP contribution in [0.4, 0.5) is 0 Å². The number of nitrogens with zero attached hydrogens (tertiary/aromatic N) is 2. The van der Waals surface area contributed by atoms with Crippen molar-refractivity contribution in [3.05, 3.63) is 70.7 Å². The minimum atomic E-state index is -0.0733. The number of hydrogen-bond donors (Lipinski definition) is 0. The number of esters is 1. The fourth-order valence-electron chi connectivity index (χ4n) is 8.82. The van der Waals surface area contributed by atoms with E-state index in [1.807, 2.05) is 12.1 Å². The maximum absolute atomic E-state index is 13.2. The van der Waals surface area contributed by atoms with E-state index in [1.165, 1.54) is 30.4 Å². The molecule has 0 radical (unpaired) electrons. The largest absolute Gasteiger partial charge is 0.462 e. The Bertz CT molecular complexity index is 1180. The number of benzene rings is 2. The van der Waals surface area contributed by atoms with Gasteiger partial charge in [0.05, 0.1) is 18.1 Å². The van der Waals surface area contributed by atoms with Crippen LogP contribution in [-0.4, -0.2) is 66.3 Å². The number of carbonyl (C=O) groups excluding carboxylic acids is 1. The Hall–Kier alpha value is -1.92. The van der Waals surface area contributed by atoms with Gasteiger partial charge in [0.1, 0.15) is 11.7 Å². The molecule has 7 rings (SSSR count). The van der Waals surface area contributed by atoms with E-state index in [1.54, 1.807) is 0 Å². The van der Waals surface area contributed by atoms with Crippen molar-refractivity contribution in [2.24, 2.45) is 23.2 Å². The van der Waals surface area contributed by atoms with Gasteiger partial charge in [-0.25, -0.2) is 0 Å². The predicted molar refractivity (Wildman–Crippen MR) is 148 cm³/mol. The molecule has 2 aromatic carbocycles. The van der Waals surface area contributed by atoms with Crippen molar-refractivity contribution >= 4 is 17.6 Å². The molecule has 3 saturated heterocycles. The van der Waals surface area contributed by atoms with Crippen molar-refractivity contribution in [1.82, 2.24) is 9.80 Å². The summed E-state index contributed by atoms with van der Waals surface area (Å²) in [6.07, 6.45) is 4.87. The molecule has 3 heterocycles. The molecule has 2 aromatic rings. The average molecular weight is 535 g/mol. The van der Waals surface area contributed by atoms with E-state index in [-0.39, 0.29) is 47.1 Å². The van der Waals surface area contributed by atoms with Crippen LogP contribution < -0.4 is 0 Å². The lowest BCUT2D eigenvalue weighted by Crippen LogP contribution is -2.55. The molecule has 5 fully saturated rings. The lowest BCUT2D eigenvalue weighted by atomic mass is 9.53. The van der Waals surface area contributed by atoms with Gasteiger partial charge in [-0.15, -0.1) is 0 Å². The van der Waals surface area contributed by atoms with E-state index < -0.39 is 0 Å². The Labute approximate surface area is 231 Å². The van der Waals surface area contributed by atoms with Crippen molar-refractivity contribution in [3.63, 3.8) is 0 Å². The Morgan fingerprint density at radius 2 is 1.74 bits per heavy atom. The molecular formula is C32H39ClN2O3. The zero-order valence-corrected chi connectivity index (χ0v) is 23.3. The summed E-state index contributed by atoms with van der Waals surface area (Å²) in [5, 5.41) is 0.763. The highest BCUT2D eigenvalue weighted by Gasteiger charge is 2.78. The summed E-state index contributed by atoms with van der Waals surface area (Å²) < 4.78 is 12.7. The normalized spacial score (nSPS) is 39.6. The summed E-state index contributed by atoms with van der Waals surface area (Å²) in [4.78, 5) is 18.3. The molecule has 38 heavy (non-hydrogen) atoms. The highest BCUT2D eigenvalue weighted by molar-refractivity contribution is 6.30. The van der Waals surface area contributed by atoms with Crippen LogP contribution in [0.2, 0.25) is 5.02 Å². The fraction of sp³-hybridized carbons (Fsp3) is 0.594. The lowest BCUT2D eigenvalue weighted by molar-refractivity contribution is -0.146. The topological polar surface area (TPSA) is 45.3 Å². The van der Waals surface area contributed by atoms with Crippen LogP contribution in [0, 0.1) is 23.2 Å². The maximum atomic E-state index is 13.2. The third-order valence-corrected chi connectivity index (χ3v) is 11.0. The minimum absolute atomic E-state index is 0.00584. The molecule has 1 spiro atoms. The van der Waals surface area contributed by atoms with Gasteiger partial charge < -0.3 is 9.47 Å². The Morgan fingerprint density at radius 3 is 2.47 bits per heavy atom. The highest BCUT2D eigenvalue weighted by atomic mass is 35.5. The van der Waals surface area contributed by atoms with Crippen LogP contribution in [-0.2, 0) is 14.3 Å². The van der Waals surface area contributed by atoms with Crippen molar-refractivity contribution < 1.29 is 14.3 Å². The number of fused-ring (bicyclic) bond motifs is 2. The molecule has 0 N–H and O–H groups in total. The second kappa shape index (κ2) is 9.33. The van der Waals surface area contributed by atoms with Crippen LogP contribution in [0.25, 0.3) is 0 Å². The van der Waals surface area contributed by atoms with E-state index in [0.717, 1.165) is 44.2 Å². The number of piperazine rings is 1. The molecule has 5 aliphatic rings. The predicted octanol–water partition coefficient (Wildman–Crippen LogP) is 5.57. The van der Waals surface area contributed by atoms with Crippen LogP contribution in [0.15, 0.2) is 54.6 Å². The number of halogens is 1. The second-order valence-corrected chi connectivity index (χ2v) is 13.2. The van der Waals surface area contributed by atoms with Crippen molar-refractivity contribution in [2.45, 2.75) is 63.4 Å². The molecule has 0 bridgehead atoms. The Morgan fingerprint density at radius 1 is 1.03 bits per heavy atom. The van der Waals surface area contributed by atoms with E-state index in [0.29, 0.717) is 5.92 Å². The molecule has 0 aromatic heterocycles. The van der Waals surface area contributed by atoms with Crippen LogP contribution in [0.3, 0.4) is 0 Å². The van der Waals surface area contributed by atoms with Gasteiger partial charge in [0.2, 0.25) is 0 Å². The summed E-state index contributed by atoms with van der Waals surface area (Å²) in [6, 6.07) is 19.2. The third kappa shape index (κ3) is 3.88. The maximum Gasteiger partial charge on any atom is 0.311 e. The van der Waals surface area contributed by atoms with Gasteiger partial charge in [-0.3, -0.25) is 14.6 Å². The van der Waals surface area contributed by atoms with Crippen LogP contribution >= 0.6 is 11.6 Å². The smallest absolute Gasteiger partial charge is 0.311 e. The molecule has 8 atom stereocenters. The molecule has 6 heteroatoms. The van der Waals surface area contributed by atoms with Gasteiger partial charge in [0.15, 0.2) is 0 Å². The number of hydrogen-bond acceptors (Lipinski definition) is 5. The summed E-state index contributed by atoms with van der Waals surface area (Å²) >= 11 is 6.21. The van der Waals surface area contributed by atoms with E-state index >= 15 is 0 Å². The monoisotopic (exact) mass is 534 g/mol. The van der Waals surface area contributed by atoms with Gasteiger partial charge in [-0.1, -0.05) is 74.3 Å². The van der Waals surface area contributed by atoms with Crippen LogP contribution in [0.1, 0.15) is 56.7 Å². The molecular weight excluding hydrogens is 496 g/mol. The van der Waals surface area contributed by atoms with Crippen molar-refractivity contribution in [2.75, 3.05) is 32.7 Å². The van der Waals surface area contributed by atoms with E-state index in [2.05, 4.69) is 66.1 Å². The van der Waals surface area contributed by atoms with Crippen LogP contribution in [0.5, 0.6) is 0 Å². The van der Waals surface area contributed by atoms with Gasteiger partial charge in [0.25, 0.3) is 0 Å².